The van der Waals surface area contributed by atoms with Gasteiger partial charge in [-0.05, 0) is 37.3 Å². The van der Waals surface area contributed by atoms with Crippen LogP contribution >= 0.6 is 0 Å². The van der Waals surface area contributed by atoms with Gasteiger partial charge in [-0.1, -0.05) is 0 Å². The summed E-state index contributed by atoms with van der Waals surface area (Å²) in [6.07, 6.45) is 0. The summed E-state index contributed by atoms with van der Waals surface area (Å²) in [6, 6.07) is 11.1. The number of amides is 1. The van der Waals surface area contributed by atoms with Crippen LogP contribution in [0.5, 0.6) is 0 Å². The van der Waals surface area contributed by atoms with Crippen LogP contribution in [0.1, 0.15) is 17.3 Å². The Bertz CT molecular complexity index is 1270. The maximum atomic E-state index is 13.0. The van der Waals surface area contributed by atoms with Gasteiger partial charge in [0.25, 0.3) is 17.2 Å². The minimum absolute atomic E-state index is 0.0394. The second-order valence-corrected chi connectivity index (χ2v) is 7.29. The third kappa shape index (κ3) is 3.79. The van der Waals surface area contributed by atoms with Crippen molar-refractivity contribution < 1.29 is 9.72 Å². The molecule has 2 heterocycles. The molecule has 10 nitrogen and oxygen atoms in total. The molecule has 1 aromatic heterocycles. The molecule has 0 atom stereocenters. The third-order valence-corrected chi connectivity index (χ3v) is 5.54. The maximum Gasteiger partial charge on any atom is 0.328 e. The highest BCUT2D eigenvalue weighted by molar-refractivity contribution is 5.97. The fourth-order valence-electron chi connectivity index (χ4n) is 3.81. The average molecular weight is 423 g/mol. The summed E-state index contributed by atoms with van der Waals surface area (Å²) >= 11 is 0. The van der Waals surface area contributed by atoms with Gasteiger partial charge in [-0.3, -0.25) is 24.3 Å². The summed E-state index contributed by atoms with van der Waals surface area (Å²) in [5.41, 5.74) is 0.778. The molecule has 1 fully saturated rings. The summed E-state index contributed by atoms with van der Waals surface area (Å²) in [4.78, 5) is 54.2. The van der Waals surface area contributed by atoms with E-state index in [0.717, 1.165) is 10.3 Å². The van der Waals surface area contributed by atoms with Crippen LogP contribution in [0.25, 0.3) is 10.9 Å². The van der Waals surface area contributed by atoms with Gasteiger partial charge >= 0.3 is 5.69 Å². The first kappa shape index (κ1) is 20.3. The molecule has 31 heavy (non-hydrogen) atoms. The molecule has 4 rings (SSSR count). The number of hydrogen-bond acceptors (Lipinski definition) is 6. The van der Waals surface area contributed by atoms with Crippen LogP contribution in [0.4, 0.5) is 11.4 Å². The molecule has 10 heteroatoms. The fraction of sp³-hybridized carbons (Fsp3) is 0.286. The predicted octanol–water partition coefficient (Wildman–Crippen LogP) is 1.58. The minimum Gasteiger partial charge on any atom is -0.368 e. The lowest BCUT2D eigenvalue weighted by Crippen LogP contribution is -2.48. The van der Waals surface area contributed by atoms with Crippen molar-refractivity contribution in [2.24, 2.45) is 0 Å². The summed E-state index contributed by atoms with van der Waals surface area (Å²) in [5.74, 6) is -0.175. The van der Waals surface area contributed by atoms with E-state index in [-0.39, 0.29) is 23.7 Å². The minimum atomic E-state index is -0.499. The summed E-state index contributed by atoms with van der Waals surface area (Å²) < 4.78 is 1.11. The van der Waals surface area contributed by atoms with E-state index >= 15 is 0 Å². The first-order valence-electron chi connectivity index (χ1n) is 9.94. The maximum absolute atomic E-state index is 13.0. The third-order valence-electron chi connectivity index (χ3n) is 5.54. The number of aromatic amines is 1. The number of non-ortho nitro benzene ring substituents is 1. The number of nitro groups is 1. The number of H-pyrrole nitrogens is 1. The van der Waals surface area contributed by atoms with Crippen LogP contribution in [-0.2, 0) is 6.54 Å². The van der Waals surface area contributed by atoms with Gasteiger partial charge in [-0.25, -0.2) is 4.79 Å². The van der Waals surface area contributed by atoms with Gasteiger partial charge < -0.3 is 14.8 Å². The first-order chi connectivity index (χ1) is 14.9. The quantitative estimate of drug-likeness (QED) is 0.502. The van der Waals surface area contributed by atoms with Crippen molar-refractivity contribution in [3.05, 3.63) is 79.0 Å². The largest absolute Gasteiger partial charge is 0.368 e. The molecule has 1 aliphatic rings. The van der Waals surface area contributed by atoms with E-state index in [2.05, 4.69) is 9.88 Å². The van der Waals surface area contributed by atoms with Crippen molar-refractivity contribution in [2.45, 2.75) is 13.5 Å². The lowest BCUT2D eigenvalue weighted by atomic mass is 10.1. The summed E-state index contributed by atoms with van der Waals surface area (Å²) in [5, 5.41) is 11.2. The highest BCUT2D eigenvalue weighted by atomic mass is 16.6. The fourth-order valence-corrected chi connectivity index (χ4v) is 3.81. The molecule has 0 bridgehead atoms. The Morgan fingerprint density at radius 3 is 2.35 bits per heavy atom. The number of nitro benzene ring substituents is 1. The van der Waals surface area contributed by atoms with Gasteiger partial charge in [0.2, 0.25) is 0 Å². The van der Waals surface area contributed by atoms with E-state index in [1.807, 2.05) is 0 Å². The molecular formula is C21H21N5O5. The molecular weight excluding hydrogens is 402 g/mol. The smallest absolute Gasteiger partial charge is 0.328 e. The number of fused-ring (bicyclic) bond motifs is 1. The van der Waals surface area contributed by atoms with Crippen LogP contribution in [0.3, 0.4) is 0 Å². The highest BCUT2D eigenvalue weighted by Gasteiger charge is 2.23. The second kappa shape index (κ2) is 8.05. The van der Waals surface area contributed by atoms with E-state index < -0.39 is 10.6 Å². The van der Waals surface area contributed by atoms with E-state index in [1.165, 1.54) is 12.1 Å². The van der Waals surface area contributed by atoms with Crippen LogP contribution in [0.15, 0.2) is 52.1 Å². The molecule has 0 radical (unpaired) electrons. The van der Waals surface area contributed by atoms with Crippen molar-refractivity contribution in [3.8, 4) is 0 Å². The van der Waals surface area contributed by atoms with Crippen LogP contribution in [-0.4, -0.2) is 51.5 Å². The van der Waals surface area contributed by atoms with E-state index in [9.17, 15) is 24.5 Å². The monoisotopic (exact) mass is 423 g/mol. The topological polar surface area (TPSA) is 122 Å². The van der Waals surface area contributed by atoms with Gasteiger partial charge in [0.1, 0.15) is 0 Å². The second-order valence-electron chi connectivity index (χ2n) is 7.29. The lowest BCUT2D eigenvalue weighted by molar-refractivity contribution is -0.384. The van der Waals surface area contributed by atoms with Crippen molar-refractivity contribution in [1.29, 1.82) is 0 Å². The molecule has 1 amide bonds. The lowest BCUT2D eigenvalue weighted by Gasteiger charge is -2.36. The number of piperazine rings is 1. The number of hydrogen-bond donors (Lipinski definition) is 1. The molecule has 0 aliphatic carbocycles. The zero-order chi connectivity index (χ0) is 22.1. The molecule has 3 aromatic rings. The normalized spacial score (nSPS) is 14.1. The Labute approximate surface area is 176 Å². The Balaban J connectivity index is 1.49. The number of carbonyl (C=O) groups excluding carboxylic acids is 1. The van der Waals surface area contributed by atoms with E-state index in [4.69, 9.17) is 0 Å². The van der Waals surface area contributed by atoms with Crippen molar-refractivity contribution in [1.82, 2.24) is 14.5 Å². The van der Waals surface area contributed by atoms with E-state index in [1.54, 1.807) is 42.2 Å². The van der Waals surface area contributed by atoms with Gasteiger partial charge in [0, 0.05) is 56.1 Å². The molecule has 1 saturated heterocycles. The van der Waals surface area contributed by atoms with E-state index in [0.29, 0.717) is 42.6 Å². The number of nitrogens with one attached hydrogen (secondary N) is 1. The number of nitrogens with zero attached hydrogens (tertiary/aromatic N) is 4. The Morgan fingerprint density at radius 1 is 1.06 bits per heavy atom. The molecule has 1 N–H and O–H groups in total. The molecule has 1 aliphatic heterocycles. The van der Waals surface area contributed by atoms with Gasteiger partial charge in [-0.15, -0.1) is 0 Å². The molecule has 0 saturated carbocycles. The van der Waals surface area contributed by atoms with Crippen molar-refractivity contribution in [3.63, 3.8) is 0 Å². The standard InChI is InChI=1S/C21H21N5O5/c1-2-25-20(28)17-8-3-14(13-18(17)22-21(25)29)19(27)24-11-9-23(10-12-24)15-4-6-16(7-5-15)26(30)31/h3-8,13H,2,9-12H2,1H3,(H,22,29). The molecule has 0 spiro atoms. The predicted molar refractivity (Wildman–Crippen MR) is 116 cm³/mol. The number of anilines is 1. The van der Waals surface area contributed by atoms with Crippen LogP contribution in [0.2, 0.25) is 0 Å². The zero-order valence-corrected chi connectivity index (χ0v) is 16.9. The Kier molecular flexibility index (Phi) is 5.28. The molecule has 2 aromatic carbocycles. The zero-order valence-electron chi connectivity index (χ0n) is 16.9. The van der Waals surface area contributed by atoms with Gasteiger partial charge in [0.15, 0.2) is 0 Å². The highest BCUT2D eigenvalue weighted by Crippen LogP contribution is 2.21. The van der Waals surface area contributed by atoms with Crippen molar-refractivity contribution >= 4 is 28.2 Å². The van der Waals surface area contributed by atoms with Gasteiger partial charge in [-0.2, -0.15) is 0 Å². The number of carbonyl (C=O) groups is 1. The van der Waals surface area contributed by atoms with Gasteiger partial charge in [0.05, 0.1) is 15.8 Å². The molecule has 160 valence electrons. The summed E-state index contributed by atoms with van der Waals surface area (Å²) in [6.45, 7) is 4.15. The summed E-state index contributed by atoms with van der Waals surface area (Å²) in [7, 11) is 0. The first-order valence-corrected chi connectivity index (χ1v) is 9.94. The number of aromatic nitrogens is 2. The SMILES string of the molecule is CCn1c(=O)[nH]c2cc(C(=O)N3CCN(c4ccc([N+](=O)[O-])cc4)CC3)ccc2c1=O. The van der Waals surface area contributed by atoms with Crippen LogP contribution in [0, 0.1) is 10.1 Å². The molecule has 0 unspecified atom stereocenters. The number of benzene rings is 2. The Hall–Kier alpha value is -3.95. The Morgan fingerprint density at radius 2 is 1.74 bits per heavy atom. The average Bonchev–Trinajstić information content (AvgIpc) is 2.78. The van der Waals surface area contributed by atoms with Crippen LogP contribution < -0.4 is 16.1 Å². The number of rotatable bonds is 4. The van der Waals surface area contributed by atoms with Crippen molar-refractivity contribution in [2.75, 3.05) is 31.1 Å².